The molecule has 1 heteroatoms. The number of rotatable bonds is 7. The molecule has 0 N–H and O–H groups in total. The van der Waals surface area contributed by atoms with Crippen LogP contribution in [0.3, 0.4) is 0 Å². The lowest BCUT2D eigenvalue weighted by Crippen LogP contribution is -2.10. The molecule has 0 amide bonds. The quantitative estimate of drug-likeness (QED) is 0.150. The number of fused-ring (bicyclic) bond motifs is 5. The summed E-state index contributed by atoms with van der Waals surface area (Å²) in [6, 6.07) is 81.5. The Bertz CT molecular complexity index is 2940. The first-order valence-corrected chi connectivity index (χ1v) is 18.9. The van der Waals surface area contributed by atoms with Crippen LogP contribution in [0.1, 0.15) is 0 Å². The molecule has 1 nitrogen and oxygen atoms in total. The van der Waals surface area contributed by atoms with E-state index in [1.54, 1.807) is 0 Å². The van der Waals surface area contributed by atoms with Crippen molar-refractivity contribution in [3.05, 3.63) is 224 Å². The van der Waals surface area contributed by atoms with Gasteiger partial charge in [-0.3, -0.25) is 0 Å². The predicted molar refractivity (Wildman–Crippen MR) is 235 cm³/mol. The third kappa shape index (κ3) is 6.02. The van der Waals surface area contributed by atoms with E-state index in [9.17, 15) is 0 Å². The summed E-state index contributed by atoms with van der Waals surface area (Å²) in [7, 11) is 0. The van der Waals surface area contributed by atoms with Gasteiger partial charge in [-0.2, -0.15) is 0 Å². The van der Waals surface area contributed by atoms with Crippen LogP contribution in [0.25, 0.3) is 76.8 Å². The SMILES string of the molecule is c1ccc(-c2cc(-c3cccc4ccc5ccc6ccccc6c5c34)cc(N(c3ccccc3)c3ccc(-c4ccccc4-c4ccccc4)cc3)c2)cc1. The molecule has 10 aromatic rings. The highest BCUT2D eigenvalue weighted by Crippen LogP contribution is 2.44. The van der Waals surface area contributed by atoms with Crippen LogP contribution < -0.4 is 4.90 Å². The fourth-order valence-corrected chi connectivity index (χ4v) is 8.23. The summed E-state index contributed by atoms with van der Waals surface area (Å²) in [5.74, 6) is 0. The Hall–Kier alpha value is -7.22. The highest BCUT2D eigenvalue weighted by molar-refractivity contribution is 6.24. The number of benzene rings is 10. The molecule has 0 aliphatic heterocycles. The van der Waals surface area contributed by atoms with Crippen molar-refractivity contribution in [3.8, 4) is 44.5 Å². The van der Waals surface area contributed by atoms with Gasteiger partial charge in [-0.05, 0) is 119 Å². The first-order chi connectivity index (χ1) is 27.3. The molecule has 0 unspecified atom stereocenters. The first kappa shape index (κ1) is 32.4. The zero-order chi connectivity index (χ0) is 36.6. The Morgan fingerprint density at radius 3 is 1.44 bits per heavy atom. The summed E-state index contributed by atoms with van der Waals surface area (Å²) in [4.78, 5) is 2.39. The van der Waals surface area contributed by atoms with Crippen LogP contribution in [0.5, 0.6) is 0 Å². The van der Waals surface area contributed by atoms with E-state index in [0.29, 0.717) is 0 Å². The van der Waals surface area contributed by atoms with E-state index in [1.165, 1.54) is 76.8 Å². The lowest BCUT2D eigenvalue weighted by Gasteiger charge is -2.27. The van der Waals surface area contributed by atoms with E-state index in [1.807, 2.05) is 0 Å². The average Bonchev–Trinajstić information content (AvgIpc) is 3.27. The molecule has 0 bridgehead atoms. The largest absolute Gasteiger partial charge is 0.310 e. The van der Waals surface area contributed by atoms with Gasteiger partial charge in [0, 0.05) is 17.1 Å². The summed E-state index contributed by atoms with van der Waals surface area (Å²) < 4.78 is 0. The summed E-state index contributed by atoms with van der Waals surface area (Å²) in [6.07, 6.45) is 0. The second-order valence-electron chi connectivity index (χ2n) is 14.1. The van der Waals surface area contributed by atoms with E-state index >= 15 is 0 Å². The fourth-order valence-electron chi connectivity index (χ4n) is 8.23. The maximum atomic E-state index is 2.39. The number of nitrogens with zero attached hydrogens (tertiary/aromatic N) is 1. The highest BCUT2D eigenvalue weighted by atomic mass is 15.1. The van der Waals surface area contributed by atoms with Crippen LogP contribution in [0.15, 0.2) is 224 Å². The van der Waals surface area contributed by atoms with Crippen molar-refractivity contribution < 1.29 is 0 Å². The van der Waals surface area contributed by atoms with Gasteiger partial charge in [0.05, 0.1) is 0 Å². The second-order valence-corrected chi connectivity index (χ2v) is 14.1. The van der Waals surface area contributed by atoms with Crippen LogP contribution in [0.2, 0.25) is 0 Å². The minimum Gasteiger partial charge on any atom is -0.310 e. The summed E-state index contributed by atoms with van der Waals surface area (Å²) in [5.41, 5.74) is 12.9. The lowest BCUT2D eigenvalue weighted by atomic mass is 9.89. The van der Waals surface area contributed by atoms with Crippen molar-refractivity contribution in [2.45, 2.75) is 0 Å². The van der Waals surface area contributed by atoms with E-state index in [4.69, 9.17) is 0 Å². The minimum absolute atomic E-state index is 1.10. The van der Waals surface area contributed by atoms with Gasteiger partial charge in [0.2, 0.25) is 0 Å². The molecule has 258 valence electrons. The van der Waals surface area contributed by atoms with Crippen LogP contribution >= 0.6 is 0 Å². The monoisotopic (exact) mass is 699 g/mol. The topological polar surface area (TPSA) is 3.24 Å². The van der Waals surface area contributed by atoms with Crippen molar-refractivity contribution in [1.82, 2.24) is 0 Å². The van der Waals surface area contributed by atoms with E-state index in [2.05, 4.69) is 229 Å². The third-order valence-electron chi connectivity index (χ3n) is 10.8. The molecule has 0 spiro atoms. The van der Waals surface area contributed by atoms with Crippen molar-refractivity contribution in [2.75, 3.05) is 4.90 Å². The van der Waals surface area contributed by atoms with Crippen LogP contribution in [0.4, 0.5) is 17.1 Å². The van der Waals surface area contributed by atoms with Gasteiger partial charge in [0.1, 0.15) is 0 Å². The molecule has 0 aromatic heterocycles. The third-order valence-corrected chi connectivity index (χ3v) is 10.8. The second kappa shape index (κ2) is 14.0. The van der Waals surface area contributed by atoms with Gasteiger partial charge in [0.15, 0.2) is 0 Å². The van der Waals surface area contributed by atoms with Crippen molar-refractivity contribution >= 4 is 49.4 Å². The maximum absolute atomic E-state index is 2.39. The fraction of sp³-hybridized carbons (Fsp3) is 0. The standard InChI is InChI=1S/C54H37N/c1-4-15-38(16-5-1)44-35-45(52-26-14-20-42-29-30-43-28-27-40-19-10-11-25-51(40)54(43)53(42)52)37-48(36-44)55(46-21-8-3-9-22-46)47-33-31-41(32-34-47)50-24-13-12-23-49(50)39-17-6-2-7-18-39/h1-37H. The van der Waals surface area contributed by atoms with Gasteiger partial charge in [-0.1, -0.05) is 182 Å². The Morgan fingerprint density at radius 2 is 0.727 bits per heavy atom. The smallest absolute Gasteiger partial charge is 0.0473 e. The van der Waals surface area contributed by atoms with Gasteiger partial charge in [-0.25, -0.2) is 0 Å². The number of hydrogen-bond donors (Lipinski definition) is 0. The molecule has 0 saturated carbocycles. The predicted octanol–water partition coefficient (Wildman–Crippen LogP) is 15.3. The molecule has 0 fully saturated rings. The normalized spacial score (nSPS) is 11.3. The Balaban J connectivity index is 1.19. The summed E-state index contributed by atoms with van der Waals surface area (Å²) in [5, 5.41) is 7.58. The lowest BCUT2D eigenvalue weighted by molar-refractivity contribution is 1.28. The molecular weight excluding hydrogens is 663 g/mol. The Kier molecular flexibility index (Phi) is 8.24. The summed E-state index contributed by atoms with van der Waals surface area (Å²) in [6.45, 7) is 0. The average molecular weight is 700 g/mol. The Labute approximate surface area is 322 Å². The molecule has 0 aliphatic rings. The zero-order valence-corrected chi connectivity index (χ0v) is 30.3. The molecule has 55 heavy (non-hydrogen) atoms. The van der Waals surface area contributed by atoms with Gasteiger partial charge in [-0.15, -0.1) is 0 Å². The van der Waals surface area contributed by atoms with E-state index < -0.39 is 0 Å². The van der Waals surface area contributed by atoms with Crippen LogP contribution in [0, 0.1) is 0 Å². The van der Waals surface area contributed by atoms with Crippen LogP contribution in [-0.2, 0) is 0 Å². The Morgan fingerprint density at radius 1 is 0.236 bits per heavy atom. The molecule has 0 radical (unpaired) electrons. The molecule has 0 aliphatic carbocycles. The summed E-state index contributed by atoms with van der Waals surface area (Å²) >= 11 is 0. The molecule has 10 rings (SSSR count). The van der Waals surface area contributed by atoms with Gasteiger partial charge in [0.25, 0.3) is 0 Å². The first-order valence-electron chi connectivity index (χ1n) is 18.9. The molecule has 10 aromatic carbocycles. The van der Waals surface area contributed by atoms with Crippen molar-refractivity contribution in [3.63, 3.8) is 0 Å². The maximum Gasteiger partial charge on any atom is 0.0473 e. The number of hydrogen-bond acceptors (Lipinski definition) is 1. The molecule has 0 heterocycles. The number of anilines is 3. The molecule has 0 atom stereocenters. The number of para-hydroxylation sites is 1. The molecule has 0 saturated heterocycles. The van der Waals surface area contributed by atoms with E-state index in [0.717, 1.165) is 17.1 Å². The van der Waals surface area contributed by atoms with Crippen LogP contribution in [-0.4, -0.2) is 0 Å². The van der Waals surface area contributed by atoms with Crippen molar-refractivity contribution in [1.29, 1.82) is 0 Å². The van der Waals surface area contributed by atoms with Crippen molar-refractivity contribution in [2.24, 2.45) is 0 Å². The van der Waals surface area contributed by atoms with Gasteiger partial charge < -0.3 is 4.90 Å². The minimum atomic E-state index is 1.10. The zero-order valence-electron chi connectivity index (χ0n) is 30.3. The highest BCUT2D eigenvalue weighted by Gasteiger charge is 2.18. The molecular formula is C54H37N. The van der Waals surface area contributed by atoms with Gasteiger partial charge >= 0.3 is 0 Å². The van der Waals surface area contributed by atoms with E-state index in [-0.39, 0.29) is 0 Å².